The minimum Gasteiger partial charge on any atom is -0.338 e. The maximum absolute atomic E-state index is 13.7. The zero-order valence-electron chi connectivity index (χ0n) is 20.7. The van der Waals surface area contributed by atoms with Gasteiger partial charge in [0.15, 0.2) is 0 Å². The van der Waals surface area contributed by atoms with Gasteiger partial charge in [-0.15, -0.1) is 0 Å². The van der Waals surface area contributed by atoms with E-state index in [-0.39, 0.29) is 34.2 Å². The number of hydrogen-bond acceptors (Lipinski definition) is 4. The number of amides is 1. The van der Waals surface area contributed by atoms with Crippen molar-refractivity contribution >= 4 is 11.6 Å². The van der Waals surface area contributed by atoms with Crippen LogP contribution in [-0.4, -0.2) is 46.8 Å². The van der Waals surface area contributed by atoms with Gasteiger partial charge in [-0.1, -0.05) is 62.4 Å². The fourth-order valence-corrected chi connectivity index (χ4v) is 5.15. The van der Waals surface area contributed by atoms with Crippen LogP contribution in [0.5, 0.6) is 0 Å². The number of benzene rings is 3. The third-order valence-electron chi connectivity index (χ3n) is 6.75. The summed E-state index contributed by atoms with van der Waals surface area (Å²) in [5.41, 5.74) is 2.45. The van der Waals surface area contributed by atoms with Crippen molar-refractivity contribution < 1.29 is 14.1 Å². The summed E-state index contributed by atoms with van der Waals surface area (Å²) < 4.78 is 13.7. The molecule has 6 nitrogen and oxygen atoms in total. The number of likely N-dealkylation sites (tertiary alicyclic amines) is 1. The molecule has 3 aromatic rings. The molecule has 3 aromatic carbocycles. The predicted molar refractivity (Wildman–Crippen MR) is 138 cm³/mol. The van der Waals surface area contributed by atoms with Gasteiger partial charge in [0.05, 0.1) is 4.92 Å². The normalized spacial score (nSPS) is 17.9. The van der Waals surface area contributed by atoms with E-state index in [2.05, 4.69) is 18.7 Å². The highest BCUT2D eigenvalue weighted by molar-refractivity contribution is 5.94. The third kappa shape index (κ3) is 6.15. The van der Waals surface area contributed by atoms with Crippen molar-refractivity contribution in [3.63, 3.8) is 0 Å². The summed E-state index contributed by atoms with van der Waals surface area (Å²) in [6.07, 6.45) is 0. The second-order valence-corrected chi connectivity index (χ2v) is 9.97. The molecule has 36 heavy (non-hydrogen) atoms. The maximum atomic E-state index is 13.7. The lowest BCUT2D eigenvalue weighted by Gasteiger charge is -2.30. The van der Waals surface area contributed by atoms with E-state index < -0.39 is 0 Å². The Bertz CT molecular complexity index is 1180. The topological polar surface area (TPSA) is 66.7 Å². The molecule has 0 aromatic heterocycles. The van der Waals surface area contributed by atoms with Crippen molar-refractivity contribution in [2.24, 2.45) is 11.8 Å². The summed E-state index contributed by atoms with van der Waals surface area (Å²) in [5, 5.41) is 11.5. The molecule has 1 heterocycles. The minimum atomic E-state index is -0.344. The van der Waals surface area contributed by atoms with Gasteiger partial charge in [0.25, 0.3) is 11.6 Å². The lowest BCUT2D eigenvalue weighted by molar-refractivity contribution is -0.385. The summed E-state index contributed by atoms with van der Waals surface area (Å²) in [7, 11) is 0. The highest BCUT2D eigenvalue weighted by Gasteiger charge is 2.36. The van der Waals surface area contributed by atoms with Crippen molar-refractivity contribution in [2.75, 3.05) is 26.2 Å². The zero-order chi connectivity index (χ0) is 25.7. The molecule has 1 aliphatic heterocycles. The molecule has 7 heteroatoms. The van der Waals surface area contributed by atoms with Crippen molar-refractivity contribution in [1.29, 1.82) is 0 Å². The molecule has 188 valence electrons. The molecule has 0 radical (unpaired) electrons. The second-order valence-electron chi connectivity index (χ2n) is 9.97. The number of hydrogen-bond donors (Lipinski definition) is 0. The molecule has 1 fully saturated rings. The predicted octanol–water partition coefficient (Wildman–Crippen LogP) is 5.75. The zero-order valence-corrected chi connectivity index (χ0v) is 20.7. The lowest BCUT2D eigenvalue weighted by Crippen LogP contribution is -2.39. The molecule has 1 aliphatic rings. The van der Waals surface area contributed by atoms with Crippen LogP contribution in [0.2, 0.25) is 0 Å². The molecular weight excluding hydrogens is 457 g/mol. The Balaban J connectivity index is 1.60. The van der Waals surface area contributed by atoms with Crippen LogP contribution in [0.25, 0.3) is 0 Å². The molecule has 2 atom stereocenters. The van der Waals surface area contributed by atoms with Crippen molar-refractivity contribution in [3.8, 4) is 0 Å². The monoisotopic (exact) mass is 489 g/mol. The fourth-order valence-electron chi connectivity index (χ4n) is 5.15. The molecule has 4 rings (SSSR count). The van der Waals surface area contributed by atoms with E-state index in [0.717, 1.165) is 5.56 Å². The molecular formula is C29H32FN3O3. The molecule has 0 saturated carbocycles. The number of carbonyl (C=O) groups is 1. The number of nitro benzene ring substituents is 1. The average Bonchev–Trinajstić information content (AvgIpc) is 3.26. The maximum Gasteiger partial charge on any atom is 0.273 e. The van der Waals surface area contributed by atoms with Crippen LogP contribution in [0, 0.1) is 27.8 Å². The minimum absolute atomic E-state index is 0.000645. The van der Waals surface area contributed by atoms with Gasteiger partial charge in [0, 0.05) is 55.8 Å². The summed E-state index contributed by atoms with van der Waals surface area (Å²) >= 11 is 0. The number of carbonyl (C=O) groups excluding carboxylic acids is 1. The number of nitrogens with zero attached hydrogens (tertiary/aromatic N) is 3. The van der Waals surface area contributed by atoms with Crippen molar-refractivity contribution in [3.05, 3.63) is 111 Å². The van der Waals surface area contributed by atoms with Gasteiger partial charge < -0.3 is 4.90 Å². The van der Waals surface area contributed by atoms with Crippen molar-refractivity contribution in [1.82, 2.24) is 9.80 Å². The lowest BCUT2D eigenvalue weighted by atomic mass is 9.88. The molecule has 1 saturated heterocycles. The summed E-state index contributed by atoms with van der Waals surface area (Å²) in [5.74, 6) is 0.188. The molecule has 0 spiro atoms. The second kappa shape index (κ2) is 11.4. The van der Waals surface area contributed by atoms with Gasteiger partial charge in [0.2, 0.25) is 0 Å². The van der Waals surface area contributed by atoms with E-state index in [1.165, 1.54) is 18.2 Å². The molecule has 1 amide bonds. The number of nitro groups is 1. The molecule has 0 N–H and O–H groups in total. The van der Waals surface area contributed by atoms with Crippen molar-refractivity contribution in [2.45, 2.75) is 26.3 Å². The van der Waals surface area contributed by atoms with E-state index in [4.69, 9.17) is 0 Å². The summed E-state index contributed by atoms with van der Waals surface area (Å²) in [6, 6.07) is 22.7. The SMILES string of the molecule is CC(C)CN(C[C@@H]1CN(Cc2ccccc2[N+](=O)[O-])C[C@H]1c1ccc(F)cc1)C(=O)c1ccccc1. The Morgan fingerprint density at radius 3 is 2.36 bits per heavy atom. The van der Waals surface area contributed by atoms with Crippen LogP contribution < -0.4 is 0 Å². The quantitative estimate of drug-likeness (QED) is 0.284. The van der Waals surface area contributed by atoms with E-state index in [0.29, 0.717) is 49.8 Å². The Labute approximate surface area is 211 Å². The van der Waals surface area contributed by atoms with E-state index in [1.54, 1.807) is 12.1 Å². The van der Waals surface area contributed by atoms with Gasteiger partial charge in [-0.25, -0.2) is 4.39 Å². The Kier molecular flexibility index (Phi) is 8.10. The number of rotatable bonds is 9. The smallest absolute Gasteiger partial charge is 0.273 e. The highest BCUT2D eigenvalue weighted by atomic mass is 19.1. The number of halogens is 1. The van der Waals surface area contributed by atoms with Gasteiger partial charge >= 0.3 is 0 Å². The Hall–Kier alpha value is -3.58. The molecule has 0 bridgehead atoms. The Morgan fingerprint density at radius 2 is 1.69 bits per heavy atom. The van der Waals surface area contributed by atoms with E-state index in [9.17, 15) is 19.3 Å². The molecule has 0 unspecified atom stereocenters. The van der Waals surface area contributed by atoms with Crippen LogP contribution in [0.1, 0.15) is 41.3 Å². The summed E-state index contributed by atoms with van der Waals surface area (Å²) in [4.78, 5) is 28.8. The first-order valence-electron chi connectivity index (χ1n) is 12.4. The Morgan fingerprint density at radius 1 is 1.03 bits per heavy atom. The standard InChI is InChI=1S/C29H32FN3O3/c1-21(2)16-32(29(34)23-8-4-3-5-9-23)19-25-18-31(17-24-10-6-7-11-28(24)33(35)36)20-27(25)22-12-14-26(30)15-13-22/h3-15,21,25,27H,16-20H2,1-2H3/t25-,27-/m0/s1. The first-order chi connectivity index (χ1) is 17.3. The van der Waals surface area contributed by atoms with Gasteiger partial charge in [-0.3, -0.25) is 19.8 Å². The summed E-state index contributed by atoms with van der Waals surface area (Å²) in [6.45, 7) is 7.19. The van der Waals surface area contributed by atoms with Gasteiger partial charge in [-0.2, -0.15) is 0 Å². The van der Waals surface area contributed by atoms with Crippen LogP contribution in [0.3, 0.4) is 0 Å². The van der Waals surface area contributed by atoms with Crippen LogP contribution in [0.15, 0.2) is 78.9 Å². The molecule has 0 aliphatic carbocycles. The van der Waals surface area contributed by atoms with Gasteiger partial charge in [0.1, 0.15) is 5.82 Å². The van der Waals surface area contributed by atoms with Gasteiger partial charge in [-0.05, 0) is 41.7 Å². The largest absolute Gasteiger partial charge is 0.338 e. The van der Waals surface area contributed by atoms with E-state index >= 15 is 0 Å². The van der Waals surface area contributed by atoms with Crippen LogP contribution >= 0.6 is 0 Å². The third-order valence-corrected chi connectivity index (χ3v) is 6.75. The van der Waals surface area contributed by atoms with E-state index in [1.807, 2.05) is 53.4 Å². The average molecular weight is 490 g/mol. The highest BCUT2D eigenvalue weighted by Crippen LogP contribution is 2.35. The first kappa shape index (κ1) is 25.5. The van der Waals surface area contributed by atoms with Crippen LogP contribution in [-0.2, 0) is 6.54 Å². The fraction of sp³-hybridized carbons (Fsp3) is 0.345. The van der Waals surface area contributed by atoms with Crippen LogP contribution in [0.4, 0.5) is 10.1 Å². The first-order valence-corrected chi connectivity index (χ1v) is 12.4. The number of para-hydroxylation sites is 1.